The molecule has 102 valence electrons. The maximum atomic E-state index is 12.1. The van der Waals surface area contributed by atoms with Gasteiger partial charge in [-0.05, 0) is 24.6 Å². The molecule has 2 fully saturated rings. The summed E-state index contributed by atoms with van der Waals surface area (Å²) in [5, 5.41) is 12.9. The second-order valence-corrected chi connectivity index (χ2v) is 5.46. The molecule has 19 heavy (non-hydrogen) atoms. The van der Waals surface area contributed by atoms with E-state index in [4.69, 9.17) is 22.1 Å². The number of carbonyl (C=O) groups excluding carboxylic acids is 1. The van der Waals surface area contributed by atoms with Gasteiger partial charge in [0.05, 0.1) is 17.7 Å². The van der Waals surface area contributed by atoms with Crippen LogP contribution in [0.15, 0.2) is 18.2 Å². The molecule has 2 aliphatic rings. The summed E-state index contributed by atoms with van der Waals surface area (Å²) in [6.07, 6.45) is 0.957. The molecule has 6 heteroatoms. The van der Waals surface area contributed by atoms with Crippen LogP contribution in [-0.2, 0) is 4.74 Å². The third-order valence-electron chi connectivity index (χ3n) is 3.95. The highest BCUT2D eigenvalue weighted by molar-refractivity contribution is 6.30. The van der Waals surface area contributed by atoms with Crippen LogP contribution in [0.5, 0.6) is 5.75 Å². The van der Waals surface area contributed by atoms with E-state index in [0.717, 1.165) is 6.42 Å². The highest BCUT2D eigenvalue weighted by Gasteiger charge is 2.52. The number of hydrogen-bond acceptors (Lipinski definition) is 4. The maximum absolute atomic E-state index is 12.1. The van der Waals surface area contributed by atoms with Gasteiger partial charge in [-0.15, -0.1) is 0 Å². The molecule has 1 heterocycles. The van der Waals surface area contributed by atoms with Crippen LogP contribution in [0.2, 0.25) is 5.02 Å². The van der Waals surface area contributed by atoms with Crippen molar-refractivity contribution in [2.24, 2.45) is 11.7 Å². The van der Waals surface area contributed by atoms with Crippen molar-refractivity contribution >= 4 is 17.5 Å². The van der Waals surface area contributed by atoms with Gasteiger partial charge in [-0.3, -0.25) is 4.79 Å². The fraction of sp³-hybridized carbons (Fsp3) is 0.462. The molecule has 1 saturated carbocycles. The fourth-order valence-electron chi connectivity index (χ4n) is 2.85. The average Bonchev–Trinajstić information content (AvgIpc) is 2.80. The SMILES string of the molecule is NC1C2CCOC2C1NC(=O)c1ccc(Cl)cc1O. The second kappa shape index (κ2) is 4.67. The quantitative estimate of drug-likeness (QED) is 0.752. The zero-order chi connectivity index (χ0) is 13.6. The standard InChI is InChI=1S/C13H15ClN2O3/c14-6-1-2-7(9(17)5-6)13(18)16-11-10(15)8-3-4-19-12(8)11/h1-2,5,8,10-12,17H,3-4,15H2,(H,16,18). The van der Waals surface area contributed by atoms with Crippen LogP contribution in [0.1, 0.15) is 16.8 Å². The predicted octanol–water partition coefficient (Wildman–Crippen LogP) is 0.890. The number of nitrogens with one attached hydrogen (secondary N) is 1. The van der Waals surface area contributed by atoms with Crippen LogP contribution in [0.25, 0.3) is 0 Å². The molecule has 1 aliphatic carbocycles. The monoisotopic (exact) mass is 282 g/mol. The number of benzene rings is 1. The Morgan fingerprint density at radius 2 is 2.32 bits per heavy atom. The van der Waals surface area contributed by atoms with E-state index >= 15 is 0 Å². The number of nitrogens with two attached hydrogens (primary N) is 1. The topological polar surface area (TPSA) is 84.6 Å². The number of phenols is 1. The van der Waals surface area contributed by atoms with Gasteiger partial charge in [-0.25, -0.2) is 0 Å². The van der Waals surface area contributed by atoms with Crippen LogP contribution in [0.3, 0.4) is 0 Å². The Balaban J connectivity index is 1.71. The van der Waals surface area contributed by atoms with Gasteiger partial charge in [0, 0.05) is 23.6 Å². The Morgan fingerprint density at radius 1 is 1.53 bits per heavy atom. The van der Waals surface area contributed by atoms with Crippen LogP contribution in [-0.4, -0.2) is 35.8 Å². The first-order chi connectivity index (χ1) is 9.08. The largest absolute Gasteiger partial charge is 0.507 e. The molecule has 1 aromatic carbocycles. The summed E-state index contributed by atoms with van der Waals surface area (Å²) in [5.41, 5.74) is 6.21. The van der Waals surface area contributed by atoms with Crippen molar-refractivity contribution in [2.45, 2.75) is 24.6 Å². The van der Waals surface area contributed by atoms with E-state index < -0.39 is 0 Å². The summed E-state index contributed by atoms with van der Waals surface area (Å²) in [6, 6.07) is 4.13. The molecule has 4 N–H and O–H groups in total. The van der Waals surface area contributed by atoms with Crippen molar-refractivity contribution in [2.75, 3.05) is 6.61 Å². The number of rotatable bonds is 2. The van der Waals surface area contributed by atoms with Crippen molar-refractivity contribution in [3.8, 4) is 5.75 Å². The van der Waals surface area contributed by atoms with Crippen molar-refractivity contribution in [1.82, 2.24) is 5.32 Å². The lowest BCUT2D eigenvalue weighted by Gasteiger charge is -2.45. The molecule has 1 aliphatic heterocycles. The molecule has 1 aromatic rings. The van der Waals surface area contributed by atoms with Crippen LogP contribution in [0.4, 0.5) is 0 Å². The normalized spacial score (nSPS) is 32.5. The summed E-state index contributed by atoms with van der Waals surface area (Å²) >= 11 is 5.73. The Bertz CT molecular complexity index is 523. The first-order valence-corrected chi connectivity index (χ1v) is 6.62. The fourth-order valence-corrected chi connectivity index (χ4v) is 3.02. The number of carbonyl (C=O) groups is 1. The summed E-state index contributed by atoms with van der Waals surface area (Å²) in [7, 11) is 0. The molecule has 5 nitrogen and oxygen atoms in total. The third kappa shape index (κ3) is 2.08. The first-order valence-electron chi connectivity index (χ1n) is 6.24. The number of hydrogen-bond donors (Lipinski definition) is 3. The van der Waals surface area contributed by atoms with E-state index in [0.29, 0.717) is 17.5 Å². The van der Waals surface area contributed by atoms with E-state index in [2.05, 4.69) is 5.32 Å². The number of amides is 1. The first kappa shape index (κ1) is 12.7. The maximum Gasteiger partial charge on any atom is 0.255 e. The molecule has 4 atom stereocenters. The molecular formula is C13H15ClN2O3. The van der Waals surface area contributed by atoms with E-state index in [9.17, 15) is 9.90 Å². The van der Waals surface area contributed by atoms with E-state index in [-0.39, 0.29) is 35.4 Å². The third-order valence-corrected chi connectivity index (χ3v) is 4.18. The van der Waals surface area contributed by atoms with Crippen molar-refractivity contribution in [3.63, 3.8) is 0 Å². The number of ether oxygens (including phenoxy) is 1. The molecule has 0 radical (unpaired) electrons. The van der Waals surface area contributed by atoms with Crippen molar-refractivity contribution < 1.29 is 14.6 Å². The minimum Gasteiger partial charge on any atom is -0.507 e. The van der Waals surface area contributed by atoms with Crippen LogP contribution < -0.4 is 11.1 Å². The Hall–Kier alpha value is -1.30. The zero-order valence-corrected chi connectivity index (χ0v) is 10.9. The molecule has 1 amide bonds. The van der Waals surface area contributed by atoms with E-state index in [1.807, 2.05) is 0 Å². The Labute approximate surface area is 115 Å². The van der Waals surface area contributed by atoms with Gasteiger partial charge in [-0.2, -0.15) is 0 Å². The average molecular weight is 283 g/mol. The minimum atomic E-state index is -0.358. The van der Waals surface area contributed by atoms with E-state index in [1.165, 1.54) is 12.1 Å². The second-order valence-electron chi connectivity index (χ2n) is 5.03. The minimum absolute atomic E-state index is 0.00777. The number of fused-ring (bicyclic) bond motifs is 1. The van der Waals surface area contributed by atoms with Crippen molar-refractivity contribution in [1.29, 1.82) is 0 Å². The molecular weight excluding hydrogens is 268 g/mol. The van der Waals surface area contributed by atoms with Gasteiger partial charge in [-0.1, -0.05) is 11.6 Å². The highest BCUT2D eigenvalue weighted by Crippen LogP contribution is 2.38. The van der Waals surface area contributed by atoms with Gasteiger partial charge in [0.2, 0.25) is 0 Å². The van der Waals surface area contributed by atoms with Crippen LogP contribution in [0, 0.1) is 5.92 Å². The number of phenolic OH excluding ortho intramolecular Hbond substituents is 1. The van der Waals surface area contributed by atoms with Crippen LogP contribution >= 0.6 is 11.6 Å². The molecule has 0 bridgehead atoms. The molecule has 0 spiro atoms. The van der Waals surface area contributed by atoms with Gasteiger partial charge in [0.15, 0.2) is 0 Å². The summed E-state index contributed by atoms with van der Waals surface area (Å²) < 4.78 is 5.54. The van der Waals surface area contributed by atoms with Gasteiger partial charge in [0.25, 0.3) is 5.91 Å². The lowest BCUT2D eigenvalue weighted by atomic mass is 9.72. The summed E-state index contributed by atoms with van der Waals surface area (Å²) in [5.74, 6) is -0.158. The Morgan fingerprint density at radius 3 is 3.05 bits per heavy atom. The highest BCUT2D eigenvalue weighted by atomic mass is 35.5. The van der Waals surface area contributed by atoms with Crippen molar-refractivity contribution in [3.05, 3.63) is 28.8 Å². The zero-order valence-electron chi connectivity index (χ0n) is 10.2. The van der Waals surface area contributed by atoms with E-state index in [1.54, 1.807) is 6.07 Å². The van der Waals surface area contributed by atoms with Gasteiger partial charge in [0.1, 0.15) is 5.75 Å². The lowest BCUT2D eigenvalue weighted by Crippen LogP contribution is -2.68. The Kier molecular flexibility index (Phi) is 3.12. The summed E-state index contributed by atoms with van der Waals surface area (Å²) in [4.78, 5) is 12.1. The predicted molar refractivity (Wildman–Crippen MR) is 70.2 cm³/mol. The number of aromatic hydroxyl groups is 1. The lowest BCUT2D eigenvalue weighted by molar-refractivity contribution is -0.0161. The summed E-state index contributed by atoms with van der Waals surface area (Å²) in [6.45, 7) is 0.696. The molecule has 0 aromatic heterocycles. The molecule has 1 saturated heterocycles. The number of halogens is 1. The van der Waals surface area contributed by atoms with Gasteiger partial charge >= 0.3 is 0 Å². The smallest absolute Gasteiger partial charge is 0.255 e. The molecule has 3 rings (SSSR count). The molecule has 4 unspecified atom stereocenters. The van der Waals surface area contributed by atoms with Gasteiger partial charge < -0.3 is 20.9 Å².